The molecule has 0 saturated heterocycles. The molecule has 0 aliphatic rings. The first-order valence-corrected chi connectivity index (χ1v) is 7.99. The number of rotatable bonds is 11. The number of unbranched alkanes of at least 4 members (excludes halogenated alkanes) is 6. The van der Waals surface area contributed by atoms with E-state index >= 15 is 0 Å². The molecule has 0 aromatic rings. The Hall–Kier alpha value is 1.54. The van der Waals surface area contributed by atoms with Crippen LogP contribution in [0, 0.1) is 40.8 Å². The Morgan fingerprint density at radius 3 is 2.00 bits per heavy atom. The molecule has 16 heavy (non-hydrogen) atoms. The molecule has 96 valence electrons. The summed E-state index contributed by atoms with van der Waals surface area (Å²) in [6, 6.07) is 0. The standard InChI is InChI=1S/C12H27O2P.Nd/c1-3-5-7-9-11-14-15(13)12-10-8-6-4-2;/h15H,3-12H2,1-2H3;. The second-order valence-electron chi connectivity index (χ2n) is 4.09. The van der Waals surface area contributed by atoms with Crippen molar-refractivity contribution in [3.8, 4) is 0 Å². The van der Waals surface area contributed by atoms with Gasteiger partial charge in [0.15, 0.2) is 8.03 Å². The molecule has 0 bridgehead atoms. The second-order valence-corrected chi connectivity index (χ2v) is 5.62. The Kier molecular flexibility index (Phi) is 20.5. The van der Waals surface area contributed by atoms with Gasteiger partial charge in [-0.25, -0.2) is 0 Å². The summed E-state index contributed by atoms with van der Waals surface area (Å²) in [6.07, 6.45) is 10.3. The maximum Gasteiger partial charge on any atom is 0.191 e. The van der Waals surface area contributed by atoms with Crippen LogP contribution in [0.1, 0.15) is 65.2 Å². The maximum atomic E-state index is 11.4. The summed E-state index contributed by atoms with van der Waals surface area (Å²) in [4.78, 5) is 0. The number of hydrogen-bond donors (Lipinski definition) is 0. The van der Waals surface area contributed by atoms with Crippen molar-refractivity contribution in [3.63, 3.8) is 0 Å². The molecule has 2 nitrogen and oxygen atoms in total. The van der Waals surface area contributed by atoms with Crippen LogP contribution in [-0.2, 0) is 9.09 Å². The first kappa shape index (κ1) is 19.9. The van der Waals surface area contributed by atoms with Crippen molar-refractivity contribution < 1.29 is 49.9 Å². The van der Waals surface area contributed by atoms with Crippen LogP contribution in [0.5, 0.6) is 0 Å². The van der Waals surface area contributed by atoms with Gasteiger partial charge in [0.1, 0.15) is 0 Å². The van der Waals surface area contributed by atoms with Crippen molar-refractivity contribution in [1.29, 1.82) is 0 Å². The van der Waals surface area contributed by atoms with Crippen LogP contribution in [0.15, 0.2) is 0 Å². The molecule has 0 aliphatic heterocycles. The molecule has 0 aromatic heterocycles. The monoisotopic (exact) mass is 376 g/mol. The molecule has 0 rings (SSSR count). The third-order valence-corrected chi connectivity index (χ3v) is 3.78. The third-order valence-electron chi connectivity index (χ3n) is 2.50. The zero-order valence-electron chi connectivity index (χ0n) is 10.9. The predicted octanol–water partition coefficient (Wildman–Crippen LogP) is 4.64. The van der Waals surface area contributed by atoms with Gasteiger partial charge in [0, 0.05) is 47.0 Å². The Morgan fingerprint density at radius 1 is 0.875 bits per heavy atom. The van der Waals surface area contributed by atoms with Gasteiger partial charge in [-0.2, -0.15) is 0 Å². The molecule has 0 heterocycles. The van der Waals surface area contributed by atoms with Crippen molar-refractivity contribution in [1.82, 2.24) is 0 Å². The minimum absolute atomic E-state index is 0. The second kappa shape index (κ2) is 16.5. The topological polar surface area (TPSA) is 26.3 Å². The Morgan fingerprint density at radius 2 is 1.44 bits per heavy atom. The normalized spacial score (nSPS) is 12.1. The van der Waals surface area contributed by atoms with Crippen LogP contribution in [0.3, 0.4) is 0 Å². The molecule has 0 aromatic carbocycles. The van der Waals surface area contributed by atoms with Crippen LogP contribution in [0.25, 0.3) is 0 Å². The summed E-state index contributed by atoms with van der Waals surface area (Å²) in [7, 11) is -1.71. The third kappa shape index (κ3) is 15.5. The summed E-state index contributed by atoms with van der Waals surface area (Å²) in [5.74, 6) is 0. The van der Waals surface area contributed by atoms with Crippen molar-refractivity contribution in [2.45, 2.75) is 65.2 Å². The van der Waals surface area contributed by atoms with E-state index in [0.29, 0.717) is 6.61 Å². The fourth-order valence-electron chi connectivity index (χ4n) is 1.48. The van der Waals surface area contributed by atoms with E-state index in [4.69, 9.17) is 4.52 Å². The summed E-state index contributed by atoms with van der Waals surface area (Å²) < 4.78 is 16.7. The Labute approximate surface area is 135 Å². The van der Waals surface area contributed by atoms with Gasteiger partial charge in [0.2, 0.25) is 0 Å². The van der Waals surface area contributed by atoms with E-state index in [0.717, 1.165) is 19.0 Å². The summed E-state index contributed by atoms with van der Waals surface area (Å²) in [6.45, 7) is 5.08. The maximum absolute atomic E-state index is 11.4. The first-order chi connectivity index (χ1) is 7.31. The zero-order chi connectivity index (χ0) is 11.4. The van der Waals surface area contributed by atoms with Gasteiger partial charge < -0.3 is 4.52 Å². The molecule has 0 aliphatic carbocycles. The number of hydrogen-bond acceptors (Lipinski definition) is 2. The van der Waals surface area contributed by atoms with Gasteiger partial charge in [-0.05, 0) is 12.8 Å². The molecule has 4 heteroatoms. The minimum atomic E-state index is -1.71. The quantitative estimate of drug-likeness (QED) is 0.387. The fourth-order valence-corrected chi connectivity index (χ4v) is 2.54. The summed E-state index contributed by atoms with van der Waals surface area (Å²) >= 11 is 0. The Bertz CT molecular complexity index is 154. The average Bonchev–Trinajstić information content (AvgIpc) is 2.24. The molecular weight excluding hydrogens is 351 g/mol. The van der Waals surface area contributed by atoms with Gasteiger partial charge >= 0.3 is 0 Å². The van der Waals surface area contributed by atoms with Crippen LogP contribution in [0.2, 0.25) is 0 Å². The van der Waals surface area contributed by atoms with Gasteiger partial charge in [0.05, 0.1) is 6.61 Å². The molecular formula is C12H27NdO2P. The van der Waals surface area contributed by atoms with E-state index in [1.165, 1.54) is 38.5 Å². The SMILES string of the molecule is CCCCCCO[PH](=O)CCCCCC.[Nd]. The van der Waals surface area contributed by atoms with E-state index in [-0.39, 0.29) is 40.8 Å². The van der Waals surface area contributed by atoms with Crippen molar-refractivity contribution >= 4 is 8.03 Å². The molecule has 1 unspecified atom stereocenters. The van der Waals surface area contributed by atoms with E-state index in [2.05, 4.69) is 13.8 Å². The fraction of sp³-hybridized carbons (Fsp3) is 1.00. The van der Waals surface area contributed by atoms with Gasteiger partial charge in [-0.3, -0.25) is 4.57 Å². The molecule has 0 spiro atoms. The van der Waals surface area contributed by atoms with Crippen molar-refractivity contribution in [2.75, 3.05) is 12.8 Å². The van der Waals surface area contributed by atoms with Crippen molar-refractivity contribution in [3.05, 3.63) is 0 Å². The smallest absolute Gasteiger partial charge is 0.191 e. The Balaban J connectivity index is 0. The predicted molar refractivity (Wildman–Crippen MR) is 68.1 cm³/mol. The van der Waals surface area contributed by atoms with Gasteiger partial charge in [-0.1, -0.05) is 52.4 Å². The zero-order valence-corrected chi connectivity index (χ0v) is 15.1. The van der Waals surface area contributed by atoms with Gasteiger partial charge in [-0.15, -0.1) is 0 Å². The van der Waals surface area contributed by atoms with E-state index in [9.17, 15) is 4.57 Å². The summed E-state index contributed by atoms with van der Waals surface area (Å²) in [5, 5.41) is 0. The van der Waals surface area contributed by atoms with Gasteiger partial charge in [0.25, 0.3) is 0 Å². The minimum Gasteiger partial charge on any atom is -0.330 e. The first-order valence-electron chi connectivity index (χ1n) is 6.46. The van der Waals surface area contributed by atoms with E-state index in [1.807, 2.05) is 0 Å². The largest absolute Gasteiger partial charge is 0.330 e. The van der Waals surface area contributed by atoms with Crippen LogP contribution < -0.4 is 0 Å². The molecule has 0 radical (unpaired) electrons. The summed E-state index contributed by atoms with van der Waals surface area (Å²) in [5.41, 5.74) is 0. The van der Waals surface area contributed by atoms with Crippen LogP contribution in [0.4, 0.5) is 0 Å². The van der Waals surface area contributed by atoms with Crippen molar-refractivity contribution in [2.24, 2.45) is 0 Å². The molecule has 0 amide bonds. The molecule has 0 N–H and O–H groups in total. The van der Waals surface area contributed by atoms with E-state index < -0.39 is 8.03 Å². The molecule has 0 saturated carbocycles. The molecule has 0 fully saturated rings. The average molecular weight is 379 g/mol. The van der Waals surface area contributed by atoms with Crippen LogP contribution in [-0.4, -0.2) is 12.8 Å². The van der Waals surface area contributed by atoms with E-state index in [1.54, 1.807) is 0 Å². The van der Waals surface area contributed by atoms with Crippen LogP contribution >= 0.6 is 8.03 Å². The molecule has 1 atom stereocenters.